The number of aromatic nitrogens is 1. The first-order chi connectivity index (χ1) is 14.6. The maximum atomic E-state index is 13.0. The van der Waals surface area contributed by atoms with Gasteiger partial charge in [0.15, 0.2) is 0 Å². The van der Waals surface area contributed by atoms with Crippen molar-refractivity contribution < 1.29 is 9.59 Å². The van der Waals surface area contributed by atoms with Gasteiger partial charge in [-0.1, -0.05) is 37.1 Å². The fourth-order valence-electron chi connectivity index (χ4n) is 5.20. The summed E-state index contributed by atoms with van der Waals surface area (Å²) in [6.45, 7) is 1.17. The molecule has 2 fully saturated rings. The molecule has 5 heteroatoms. The fraction of sp³-hybridized carbons (Fsp3) is 0.480. The molecule has 0 bridgehead atoms. The molecule has 2 heterocycles. The third kappa shape index (κ3) is 4.25. The van der Waals surface area contributed by atoms with Crippen molar-refractivity contribution >= 4 is 11.8 Å². The molecule has 1 aromatic carbocycles. The summed E-state index contributed by atoms with van der Waals surface area (Å²) in [5, 5.41) is 2.87. The lowest BCUT2D eigenvalue weighted by Gasteiger charge is -2.29. The van der Waals surface area contributed by atoms with E-state index >= 15 is 0 Å². The molecule has 1 aliphatic heterocycles. The Bertz CT molecular complexity index is 892. The highest BCUT2D eigenvalue weighted by molar-refractivity contribution is 5.86. The van der Waals surface area contributed by atoms with Crippen LogP contribution in [-0.4, -0.2) is 41.8 Å². The molecular formula is C25H31N3O2. The molecule has 4 rings (SSSR count). The summed E-state index contributed by atoms with van der Waals surface area (Å²) in [5.74, 6) is 0.776. The van der Waals surface area contributed by atoms with E-state index in [9.17, 15) is 9.59 Å². The van der Waals surface area contributed by atoms with E-state index in [1.165, 1.54) is 25.7 Å². The van der Waals surface area contributed by atoms with Crippen LogP contribution in [0.3, 0.4) is 0 Å². The molecule has 2 aromatic rings. The number of hydrogen-bond acceptors (Lipinski definition) is 3. The standard InChI is InChI=1S/C25H31N3O2/c1-26-24(30)25(12-15-28(18-25)23(29)16-19-6-2-3-7-19)17-21-8-4-5-9-22(21)20-10-13-27-14-11-20/h4-5,8-11,13-14,19H,2-3,6-7,12,15-18H2,1H3,(H,26,30). The molecule has 2 amide bonds. The number of nitrogens with zero attached hydrogens (tertiary/aromatic N) is 2. The number of hydrogen-bond donors (Lipinski definition) is 1. The third-order valence-corrected chi connectivity index (χ3v) is 6.89. The Kier molecular flexibility index (Phi) is 6.16. The van der Waals surface area contributed by atoms with Crippen molar-refractivity contribution in [3.63, 3.8) is 0 Å². The lowest BCUT2D eigenvalue weighted by Crippen LogP contribution is -2.44. The zero-order valence-electron chi connectivity index (χ0n) is 17.8. The average molecular weight is 406 g/mol. The normalized spacial score (nSPS) is 21.7. The summed E-state index contributed by atoms with van der Waals surface area (Å²) in [5.41, 5.74) is 2.78. The maximum absolute atomic E-state index is 13.0. The highest BCUT2D eigenvalue weighted by Gasteiger charge is 2.46. The van der Waals surface area contributed by atoms with Crippen molar-refractivity contribution in [2.75, 3.05) is 20.1 Å². The Hall–Kier alpha value is -2.69. The molecule has 1 saturated heterocycles. The van der Waals surface area contributed by atoms with Crippen LogP contribution in [0.1, 0.15) is 44.1 Å². The van der Waals surface area contributed by atoms with Crippen LogP contribution in [0.5, 0.6) is 0 Å². The number of likely N-dealkylation sites (tertiary alicyclic amines) is 1. The summed E-state index contributed by atoms with van der Waals surface area (Å²) in [6, 6.07) is 12.2. The minimum Gasteiger partial charge on any atom is -0.359 e. The van der Waals surface area contributed by atoms with E-state index in [4.69, 9.17) is 0 Å². The van der Waals surface area contributed by atoms with Gasteiger partial charge < -0.3 is 10.2 Å². The van der Waals surface area contributed by atoms with Gasteiger partial charge in [0.25, 0.3) is 0 Å². The summed E-state index contributed by atoms with van der Waals surface area (Å²) in [7, 11) is 1.70. The predicted molar refractivity (Wildman–Crippen MR) is 118 cm³/mol. The number of nitrogens with one attached hydrogen (secondary N) is 1. The smallest absolute Gasteiger partial charge is 0.228 e. The Morgan fingerprint density at radius 1 is 1.13 bits per heavy atom. The Labute approximate surface area is 178 Å². The first kappa shape index (κ1) is 20.6. The SMILES string of the molecule is CNC(=O)C1(Cc2ccccc2-c2ccncc2)CCN(C(=O)CC2CCCC2)C1. The highest BCUT2D eigenvalue weighted by Crippen LogP contribution is 2.38. The van der Waals surface area contributed by atoms with Gasteiger partial charge in [-0.2, -0.15) is 0 Å². The predicted octanol–water partition coefficient (Wildman–Crippen LogP) is 3.84. The minimum absolute atomic E-state index is 0.0307. The van der Waals surface area contributed by atoms with Crippen LogP contribution in [0.4, 0.5) is 0 Å². The zero-order chi connectivity index (χ0) is 21.0. The van der Waals surface area contributed by atoms with Gasteiger partial charge in [-0.3, -0.25) is 14.6 Å². The minimum atomic E-state index is -0.580. The van der Waals surface area contributed by atoms with Gasteiger partial charge >= 0.3 is 0 Å². The van der Waals surface area contributed by atoms with Crippen LogP contribution in [0.2, 0.25) is 0 Å². The third-order valence-electron chi connectivity index (χ3n) is 6.89. The summed E-state index contributed by atoms with van der Waals surface area (Å²) in [4.78, 5) is 32.0. The fourth-order valence-corrected chi connectivity index (χ4v) is 5.20. The first-order valence-corrected chi connectivity index (χ1v) is 11.1. The lowest BCUT2D eigenvalue weighted by molar-refractivity contribution is -0.133. The van der Waals surface area contributed by atoms with Gasteiger partial charge in [-0.15, -0.1) is 0 Å². The van der Waals surface area contributed by atoms with Gasteiger partial charge in [0.2, 0.25) is 11.8 Å². The molecular weight excluding hydrogens is 374 g/mol. The topological polar surface area (TPSA) is 62.3 Å². The van der Waals surface area contributed by atoms with Crippen molar-refractivity contribution in [1.29, 1.82) is 0 Å². The Morgan fingerprint density at radius 2 is 1.87 bits per heavy atom. The molecule has 1 unspecified atom stereocenters. The van der Waals surface area contributed by atoms with Crippen LogP contribution < -0.4 is 5.32 Å². The highest BCUT2D eigenvalue weighted by atomic mass is 16.2. The van der Waals surface area contributed by atoms with Crippen molar-refractivity contribution in [2.24, 2.45) is 11.3 Å². The number of rotatable bonds is 6. The second-order valence-corrected chi connectivity index (χ2v) is 8.85. The Balaban J connectivity index is 1.56. The van der Waals surface area contributed by atoms with Gasteiger partial charge in [0.05, 0.1) is 5.41 Å². The summed E-state index contributed by atoms with van der Waals surface area (Å²) >= 11 is 0. The monoisotopic (exact) mass is 405 g/mol. The van der Waals surface area contributed by atoms with Crippen LogP contribution >= 0.6 is 0 Å². The molecule has 5 nitrogen and oxygen atoms in total. The molecule has 2 aliphatic rings. The van der Waals surface area contributed by atoms with E-state index < -0.39 is 5.41 Å². The number of pyridine rings is 1. The summed E-state index contributed by atoms with van der Waals surface area (Å²) in [6.07, 6.45) is 10.4. The van der Waals surface area contributed by atoms with Crippen LogP contribution in [0.15, 0.2) is 48.8 Å². The first-order valence-electron chi connectivity index (χ1n) is 11.1. The van der Waals surface area contributed by atoms with Crippen LogP contribution in [0, 0.1) is 11.3 Å². The van der Waals surface area contributed by atoms with E-state index in [1.54, 1.807) is 19.4 Å². The van der Waals surface area contributed by atoms with Gasteiger partial charge in [-0.05, 0) is 60.4 Å². The summed E-state index contributed by atoms with van der Waals surface area (Å²) < 4.78 is 0. The van der Waals surface area contributed by atoms with E-state index in [2.05, 4.69) is 22.4 Å². The number of carbonyl (C=O) groups excluding carboxylic acids is 2. The van der Waals surface area contributed by atoms with Crippen molar-refractivity contribution in [2.45, 2.75) is 44.9 Å². The average Bonchev–Trinajstić information content (AvgIpc) is 3.45. The molecule has 1 saturated carbocycles. The molecule has 1 N–H and O–H groups in total. The molecule has 1 aliphatic carbocycles. The molecule has 1 atom stereocenters. The maximum Gasteiger partial charge on any atom is 0.228 e. The van der Waals surface area contributed by atoms with E-state index in [1.807, 2.05) is 29.2 Å². The quantitative estimate of drug-likeness (QED) is 0.794. The Morgan fingerprint density at radius 3 is 2.60 bits per heavy atom. The van der Waals surface area contributed by atoms with Gasteiger partial charge in [0.1, 0.15) is 0 Å². The van der Waals surface area contributed by atoms with E-state index in [-0.39, 0.29) is 11.8 Å². The second-order valence-electron chi connectivity index (χ2n) is 8.85. The van der Waals surface area contributed by atoms with Crippen LogP contribution in [0.25, 0.3) is 11.1 Å². The van der Waals surface area contributed by atoms with Crippen molar-refractivity contribution in [3.05, 3.63) is 54.4 Å². The number of amides is 2. The molecule has 30 heavy (non-hydrogen) atoms. The molecule has 0 radical (unpaired) electrons. The van der Waals surface area contributed by atoms with Crippen LogP contribution in [-0.2, 0) is 16.0 Å². The molecule has 0 spiro atoms. The van der Waals surface area contributed by atoms with E-state index in [0.717, 1.165) is 16.7 Å². The largest absolute Gasteiger partial charge is 0.359 e. The second kappa shape index (κ2) is 8.99. The van der Waals surface area contributed by atoms with Gasteiger partial charge in [0, 0.05) is 39.0 Å². The van der Waals surface area contributed by atoms with E-state index in [0.29, 0.717) is 38.3 Å². The van der Waals surface area contributed by atoms with Crippen molar-refractivity contribution in [1.82, 2.24) is 15.2 Å². The number of carbonyl (C=O) groups is 2. The molecule has 158 valence electrons. The zero-order valence-corrected chi connectivity index (χ0v) is 17.8. The lowest BCUT2D eigenvalue weighted by atomic mass is 9.78. The number of benzene rings is 1. The molecule has 1 aromatic heterocycles. The van der Waals surface area contributed by atoms with Gasteiger partial charge in [-0.25, -0.2) is 0 Å². The van der Waals surface area contributed by atoms with Crippen molar-refractivity contribution in [3.8, 4) is 11.1 Å².